The van der Waals surface area contributed by atoms with Crippen molar-refractivity contribution in [2.45, 2.75) is 20.3 Å². The zero-order chi connectivity index (χ0) is 16.7. The van der Waals surface area contributed by atoms with Crippen LogP contribution in [0.4, 0.5) is 0 Å². The number of rotatable bonds is 8. The van der Waals surface area contributed by atoms with Crippen molar-refractivity contribution in [3.05, 3.63) is 30.3 Å². The van der Waals surface area contributed by atoms with Crippen molar-refractivity contribution in [1.82, 2.24) is 9.21 Å². The molecule has 2 rings (SSSR count). The second-order valence-electron chi connectivity index (χ2n) is 6.40. The largest absolute Gasteiger partial charge is 0.492 e. The molecule has 5 nitrogen and oxygen atoms in total. The van der Waals surface area contributed by atoms with Crippen LogP contribution in [-0.4, -0.2) is 62.7 Å². The molecule has 0 amide bonds. The van der Waals surface area contributed by atoms with E-state index in [1.165, 1.54) is 0 Å². The first kappa shape index (κ1) is 18.2. The molecule has 1 fully saturated rings. The minimum Gasteiger partial charge on any atom is -0.492 e. The Morgan fingerprint density at radius 1 is 1.09 bits per heavy atom. The molecule has 0 unspecified atom stereocenters. The van der Waals surface area contributed by atoms with Crippen LogP contribution in [0.3, 0.4) is 0 Å². The lowest BCUT2D eigenvalue weighted by molar-refractivity contribution is 0.159. The van der Waals surface area contributed by atoms with Gasteiger partial charge in [0, 0.05) is 32.7 Å². The SMILES string of the molecule is CC(C)CCS(=O)(=O)N1CCN(CCOc2ccccc2)CC1. The Bertz CT molecular complexity index is 552. The van der Waals surface area contributed by atoms with Gasteiger partial charge in [-0.2, -0.15) is 4.31 Å². The number of piperazine rings is 1. The summed E-state index contributed by atoms with van der Waals surface area (Å²) >= 11 is 0. The Labute approximate surface area is 140 Å². The highest BCUT2D eigenvalue weighted by Gasteiger charge is 2.26. The van der Waals surface area contributed by atoms with Crippen molar-refractivity contribution in [2.24, 2.45) is 5.92 Å². The number of ether oxygens (including phenoxy) is 1. The molecule has 1 aromatic carbocycles. The van der Waals surface area contributed by atoms with Gasteiger partial charge in [0.15, 0.2) is 0 Å². The molecule has 130 valence electrons. The monoisotopic (exact) mass is 340 g/mol. The van der Waals surface area contributed by atoms with Crippen LogP contribution in [0.5, 0.6) is 5.75 Å². The van der Waals surface area contributed by atoms with Crippen molar-refractivity contribution in [2.75, 3.05) is 45.1 Å². The second kappa shape index (κ2) is 8.66. The van der Waals surface area contributed by atoms with E-state index in [1.54, 1.807) is 4.31 Å². The van der Waals surface area contributed by atoms with Gasteiger partial charge in [-0.25, -0.2) is 8.42 Å². The van der Waals surface area contributed by atoms with Gasteiger partial charge in [0.05, 0.1) is 5.75 Å². The van der Waals surface area contributed by atoms with Crippen molar-refractivity contribution in [1.29, 1.82) is 0 Å². The van der Waals surface area contributed by atoms with Gasteiger partial charge in [-0.3, -0.25) is 4.90 Å². The highest BCUT2D eigenvalue weighted by Crippen LogP contribution is 2.12. The van der Waals surface area contributed by atoms with Gasteiger partial charge >= 0.3 is 0 Å². The van der Waals surface area contributed by atoms with Gasteiger partial charge in [0.2, 0.25) is 10.0 Å². The standard InChI is InChI=1S/C17H28N2O3S/c1-16(2)8-15-23(20,21)19-11-9-18(10-12-19)13-14-22-17-6-4-3-5-7-17/h3-7,16H,8-15H2,1-2H3. The van der Waals surface area contributed by atoms with E-state index < -0.39 is 10.0 Å². The number of hydrogen-bond acceptors (Lipinski definition) is 4. The summed E-state index contributed by atoms with van der Waals surface area (Å²) in [5.74, 6) is 1.56. The van der Waals surface area contributed by atoms with E-state index in [1.807, 2.05) is 30.3 Å². The van der Waals surface area contributed by atoms with Crippen molar-refractivity contribution < 1.29 is 13.2 Å². The van der Waals surface area contributed by atoms with Crippen LogP contribution < -0.4 is 4.74 Å². The van der Waals surface area contributed by atoms with Crippen LogP contribution in [0.15, 0.2) is 30.3 Å². The smallest absolute Gasteiger partial charge is 0.214 e. The Kier molecular flexibility index (Phi) is 6.87. The third kappa shape index (κ3) is 6.12. The van der Waals surface area contributed by atoms with Gasteiger partial charge < -0.3 is 4.74 Å². The molecule has 23 heavy (non-hydrogen) atoms. The summed E-state index contributed by atoms with van der Waals surface area (Å²) in [4.78, 5) is 2.26. The Hall–Kier alpha value is -1.11. The molecule has 0 saturated carbocycles. The molecule has 0 atom stereocenters. The molecule has 0 N–H and O–H groups in total. The van der Waals surface area contributed by atoms with Crippen LogP contribution >= 0.6 is 0 Å². The molecule has 0 spiro atoms. The molecule has 6 heteroatoms. The molecule has 0 bridgehead atoms. The first-order valence-electron chi connectivity index (χ1n) is 8.35. The molecule has 1 saturated heterocycles. The van der Waals surface area contributed by atoms with E-state index in [9.17, 15) is 8.42 Å². The van der Waals surface area contributed by atoms with Crippen LogP contribution in [0, 0.1) is 5.92 Å². The molecule has 0 aromatic heterocycles. The molecule has 1 heterocycles. The molecule has 0 aliphatic carbocycles. The minimum atomic E-state index is -3.09. The van der Waals surface area contributed by atoms with Gasteiger partial charge in [-0.1, -0.05) is 32.0 Å². The van der Waals surface area contributed by atoms with Crippen molar-refractivity contribution in [3.63, 3.8) is 0 Å². The van der Waals surface area contributed by atoms with Gasteiger partial charge in [-0.15, -0.1) is 0 Å². The van der Waals surface area contributed by atoms with Crippen molar-refractivity contribution >= 4 is 10.0 Å². The third-order valence-electron chi connectivity index (χ3n) is 4.10. The number of hydrogen-bond donors (Lipinski definition) is 0. The van der Waals surface area contributed by atoms with E-state index in [2.05, 4.69) is 18.7 Å². The number of para-hydroxylation sites is 1. The quantitative estimate of drug-likeness (QED) is 0.727. The van der Waals surface area contributed by atoms with Crippen molar-refractivity contribution in [3.8, 4) is 5.75 Å². The normalized spacial score (nSPS) is 17.5. The van der Waals surface area contributed by atoms with Gasteiger partial charge in [0.1, 0.15) is 12.4 Å². The van der Waals surface area contributed by atoms with E-state index >= 15 is 0 Å². The van der Waals surface area contributed by atoms with Crippen LogP contribution in [0.2, 0.25) is 0 Å². The maximum Gasteiger partial charge on any atom is 0.214 e. The first-order valence-corrected chi connectivity index (χ1v) is 9.96. The second-order valence-corrected chi connectivity index (χ2v) is 8.49. The Morgan fingerprint density at radius 2 is 1.74 bits per heavy atom. The molecule has 1 aliphatic rings. The topological polar surface area (TPSA) is 49.9 Å². The fourth-order valence-corrected chi connectivity index (χ4v) is 4.30. The van der Waals surface area contributed by atoms with Gasteiger partial charge in [0.25, 0.3) is 0 Å². The minimum absolute atomic E-state index is 0.266. The fourth-order valence-electron chi connectivity index (χ4n) is 2.55. The lowest BCUT2D eigenvalue weighted by Crippen LogP contribution is -2.50. The highest BCUT2D eigenvalue weighted by molar-refractivity contribution is 7.89. The lowest BCUT2D eigenvalue weighted by Gasteiger charge is -2.34. The summed E-state index contributed by atoms with van der Waals surface area (Å²) in [6, 6.07) is 9.76. The zero-order valence-corrected chi connectivity index (χ0v) is 15.0. The van der Waals surface area contributed by atoms with Crippen LogP contribution in [-0.2, 0) is 10.0 Å². The highest BCUT2D eigenvalue weighted by atomic mass is 32.2. The summed E-state index contributed by atoms with van der Waals surface area (Å²) in [5, 5.41) is 0. The Morgan fingerprint density at radius 3 is 2.35 bits per heavy atom. The summed E-state index contributed by atoms with van der Waals surface area (Å²) in [7, 11) is -3.09. The summed E-state index contributed by atoms with van der Waals surface area (Å²) < 4.78 is 31.9. The molecular formula is C17H28N2O3S. The van der Waals surface area contributed by atoms with E-state index in [0.717, 1.165) is 31.8 Å². The molecule has 0 radical (unpaired) electrons. The average molecular weight is 340 g/mol. The number of nitrogens with zero attached hydrogens (tertiary/aromatic N) is 2. The average Bonchev–Trinajstić information content (AvgIpc) is 2.55. The summed E-state index contributed by atoms with van der Waals surface area (Å²) in [5.41, 5.74) is 0. The van der Waals surface area contributed by atoms with Gasteiger partial charge in [-0.05, 0) is 24.5 Å². The van der Waals surface area contributed by atoms with E-state index in [0.29, 0.717) is 25.6 Å². The number of benzene rings is 1. The first-order chi connectivity index (χ1) is 11.0. The number of sulfonamides is 1. The Balaban J connectivity index is 1.69. The predicted molar refractivity (Wildman–Crippen MR) is 93.2 cm³/mol. The third-order valence-corrected chi connectivity index (χ3v) is 6.00. The summed E-state index contributed by atoms with van der Waals surface area (Å²) in [6.45, 7) is 8.30. The van der Waals surface area contributed by atoms with E-state index in [4.69, 9.17) is 4.74 Å². The maximum absolute atomic E-state index is 12.3. The summed E-state index contributed by atoms with van der Waals surface area (Å²) in [6.07, 6.45) is 0.730. The molecular weight excluding hydrogens is 312 g/mol. The predicted octanol–water partition coefficient (Wildman–Crippen LogP) is 2.06. The fraction of sp³-hybridized carbons (Fsp3) is 0.647. The maximum atomic E-state index is 12.3. The van der Waals surface area contributed by atoms with Crippen LogP contribution in [0.1, 0.15) is 20.3 Å². The van der Waals surface area contributed by atoms with E-state index in [-0.39, 0.29) is 5.75 Å². The molecule has 1 aliphatic heterocycles. The zero-order valence-electron chi connectivity index (χ0n) is 14.1. The van der Waals surface area contributed by atoms with Crippen LogP contribution in [0.25, 0.3) is 0 Å². The lowest BCUT2D eigenvalue weighted by atomic mass is 10.2. The molecule has 1 aromatic rings.